The zero-order valence-electron chi connectivity index (χ0n) is 14.8. The van der Waals surface area contributed by atoms with Crippen molar-refractivity contribution in [1.29, 1.82) is 0 Å². The van der Waals surface area contributed by atoms with Crippen LogP contribution in [0.3, 0.4) is 0 Å². The molecular weight excluding hydrogens is 374 g/mol. The predicted octanol–water partition coefficient (Wildman–Crippen LogP) is 1.71. The monoisotopic (exact) mass is 393 g/mol. The second-order valence-electron chi connectivity index (χ2n) is 6.16. The van der Waals surface area contributed by atoms with Crippen LogP contribution in [0.15, 0.2) is 34.9 Å². The van der Waals surface area contributed by atoms with Crippen LogP contribution in [-0.4, -0.2) is 43.9 Å². The topological polar surface area (TPSA) is 119 Å². The van der Waals surface area contributed by atoms with Crippen LogP contribution >= 0.6 is 0 Å². The zero-order valence-corrected chi connectivity index (χ0v) is 15.7. The number of amides is 1. The van der Waals surface area contributed by atoms with Crippen molar-refractivity contribution < 1.29 is 27.3 Å². The largest absolute Gasteiger partial charge is 0.449 e. The van der Waals surface area contributed by atoms with Gasteiger partial charge in [0.05, 0.1) is 22.7 Å². The number of nitrogens with zero attached hydrogens (tertiary/aromatic N) is 2. The van der Waals surface area contributed by atoms with Crippen molar-refractivity contribution in [3.8, 4) is 0 Å². The van der Waals surface area contributed by atoms with Crippen LogP contribution in [0.2, 0.25) is 0 Å². The number of carbonyl (C=O) groups is 2. The number of benzene rings is 1. The minimum absolute atomic E-state index is 0.0833. The Morgan fingerprint density at radius 2 is 2.11 bits per heavy atom. The van der Waals surface area contributed by atoms with Crippen molar-refractivity contribution in [1.82, 2.24) is 5.16 Å². The third-order valence-electron chi connectivity index (χ3n) is 4.00. The van der Waals surface area contributed by atoms with Crippen LogP contribution in [0, 0.1) is 6.92 Å². The minimum Gasteiger partial charge on any atom is -0.449 e. The van der Waals surface area contributed by atoms with Crippen LogP contribution in [0.1, 0.15) is 29.4 Å². The number of aryl methyl sites for hydroxylation is 1. The maximum absolute atomic E-state index is 12.3. The molecule has 1 aromatic carbocycles. The molecule has 27 heavy (non-hydrogen) atoms. The number of nitrogens with one attached hydrogen (secondary N) is 1. The standard InChI is InChI=1S/C17H19N3O6S/c1-11-9-15(26-19-11)18-16(21)12(2)25-17(22)13-5-3-6-14(10-13)20-7-4-8-27(20,23)24/h3,5-6,9-10,12H,4,7-8H2,1-2H3,(H,18,21). The van der Waals surface area contributed by atoms with E-state index < -0.39 is 28.0 Å². The lowest BCUT2D eigenvalue weighted by molar-refractivity contribution is -0.123. The summed E-state index contributed by atoms with van der Waals surface area (Å²) in [5.41, 5.74) is 1.16. The molecule has 0 saturated carbocycles. The van der Waals surface area contributed by atoms with E-state index in [1.807, 2.05) is 0 Å². The van der Waals surface area contributed by atoms with Gasteiger partial charge in [-0.05, 0) is 38.5 Å². The van der Waals surface area contributed by atoms with E-state index in [1.165, 1.54) is 29.4 Å². The van der Waals surface area contributed by atoms with Crippen LogP contribution in [0.4, 0.5) is 11.6 Å². The minimum atomic E-state index is -3.35. The third-order valence-corrected chi connectivity index (χ3v) is 5.87. The predicted molar refractivity (Wildman–Crippen MR) is 96.9 cm³/mol. The average Bonchev–Trinajstić information content (AvgIpc) is 3.19. The molecule has 1 fully saturated rings. The molecule has 1 atom stereocenters. The number of esters is 1. The van der Waals surface area contributed by atoms with E-state index in [4.69, 9.17) is 9.26 Å². The summed E-state index contributed by atoms with van der Waals surface area (Å²) in [5.74, 6) is -1.07. The van der Waals surface area contributed by atoms with Gasteiger partial charge in [-0.25, -0.2) is 13.2 Å². The Labute approximate surface area is 156 Å². The van der Waals surface area contributed by atoms with Crippen molar-refractivity contribution in [2.24, 2.45) is 0 Å². The third kappa shape index (κ3) is 4.27. The van der Waals surface area contributed by atoms with Crippen molar-refractivity contribution in [2.75, 3.05) is 21.9 Å². The van der Waals surface area contributed by atoms with Crippen LogP contribution in [0.25, 0.3) is 0 Å². The highest BCUT2D eigenvalue weighted by Crippen LogP contribution is 2.25. The van der Waals surface area contributed by atoms with Gasteiger partial charge in [-0.2, -0.15) is 0 Å². The van der Waals surface area contributed by atoms with E-state index in [9.17, 15) is 18.0 Å². The molecule has 10 heteroatoms. The van der Waals surface area contributed by atoms with Crippen LogP contribution in [0.5, 0.6) is 0 Å². The Hall–Kier alpha value is -2.88. The highest BCUT2D eigenvalue weighted by molar-refractivity contribution is 7.93. The average molecular weight is 393 g/mol. The first-order valence-corrected chi connectivity index (χ1v) is 9.93. The smallest absolute Gasteiger partial charge is 0.338 e. The van der Waals surface area contributed by atoms with Gasteiger partial charge in [-0.1, -0.05) is 11.2 Å². The number of anilines is 2. The molecule has 1 unspecified atom stereocenters. The molecule has 1 N–H and O–H groups in total. The summed E-state index contributed by atoms with van der Waals surface area (Å²) >= 11 is 0. The van der Waals surface area contributed by atoms with E-state index in [0.29, 0.717) is 24.3 Å². The van der Waals surface area contributed by atoms with Crippen molar-refractivity contribution >= 4 is 33.5 Å². The Balaban J connectivity index is 1.67. The zero-order chi connectivity index (χ0) is 19.6. The first kappa shape index (κ1) is 18.9. The van der Waals surface area contributed by atoms with Crippen LogP contribution < -0.4 is 9.62 Å². The fraction of sp³-hybridized carbons (Fsp3) is 0.353. The van der Waals surface area contributed by atoms with Gasteiger partial charge < -0.3 is 9.26 Å². The lowest BCUT2D eigenvalue weighted by Gasteiger charge is -2.18. The quantitative estimate of drug-likeness (QED) is 0.768. The highest BCUT2D eigenvalue weighted by Gasteiger charge is 2.29. The Bertz CT molecular complexity index is 969. The van der Waals surface area contributed by atoms with E-state index in [2.05, 4.69) is 10.5 Å². The second kappa shape index (κ2) is 7.39. The maximum atomic E-state index is 12.3. The highest BCUT2D eigenvalue weighted by atomic mass is 32.2. The van der Waals surface area contributed by atoms with Crippen molar-refractivity contribution in [3.63, 3.8) is 0 Å². The van der Waals surface area contributed by atoms with Gasteiger partial charge >= 0.3 is 5.97 Å². The normalized spacial score (nSPS) is 16.7. The van der Waals surface area contributed by atoms with Gasteiger partial charge in [-0.3, -0.25) is 14.4 Å². The number of sulfonamides is 1. The Morgan fingerprint density at radius 1 is 1.33 bits per heavy atom. The first-order chi connectivity index (χ1) is 12.8. The fourth-order valence-electron chi connectivity index (χ4n) is 2.65. The summed E-state index contributed by atoms with van der Waals surface area (Å²) in [6.07, 6.45) is -0.544. The summed E-state index contributed by atoms with van der Waals surface area (Å²) in [4.78, 5) is 24.4. The molecule has 2 aromatic rings. The van der Waals surface area contributed by atoms with Gasteiger partial charge in [0.25, 0.3) is 5.91 Å². The summed E-state index contributed by atoms with van der Waals surface area (Å²) in [6, 6.07) is 7.66. The van der Waals surface area contributed by atoms with Gasteiger partial charge in [0, 0.05) is 12.6 Å². The molecule has 1 saturated heterocycles. The molecule has 1 aliphatic rings. The molecule has 1 aromatic heterocycles. The Morgan fingerprint density at radius 3 is 2.74 bits per heavy atom. The Kier molecular flexibility index (Phi) is 5.17. The number of aromatic nitrogens is 1. The van der Waals surface area contributed by atoms with Gasteiger partial charge in [0.1, 0.15) is 0 Å². The number of hydrogen-bond donors (Lipinski definition) is 1. The van der Waals surface area contributed by atoms with Gasteiger partial charge in [0.15, 0.2) is 6.10 Å². The lowest BCUT2D eigenvalue weighted by atomic mass is 10.2. The molecule has 144 valence electrons. The van der Waals surface area contributed by atoms with E-state index in [0.717, 1.165) is 0 Å². The van der Waals surface area contributed by atoms with E-state index >= 15 is 0 Å². The van der Waals surface area contributed by atoms with E-state index in [-0.39, 0.29) is 17.2 Å². The lowest BCUT2D eigenvalue weighted by Crippen LogP contribution is -2.30. The van der Waals surface area contributed by atoms with Crippen molar-refractivity contribution in [2.45, 2.75) is 26.4 Å². The van der Waals surface area contributed by atoms with Gasteiger partial charge in [0.2, 0.25) is 15.9 Å². The summed E-state index contributed by atoms with van der Waals surface area (Å²) < 4.78 is 35.4. The van der Waals surface area contributed by atoms with Crippen molar-refractivity contribution in [3.05, 3.63) is 41.6 Å². The first-order valence-electron chi connectivity index (χ1n) is 8.32. The summed E-state index contributed by atoms with van der Waals surface area (Å²) in [5, 5.41) is 6.10. The van der Waals surface area contributed by atoms with Crippen LogP contribution in [-0.2, 0) is 19.6 Å². The van der Waals surface area contributed by atoms with Gasteiger partial charge in [-0.15, -0.1) is 0 Å². The van der Waals surface area contributed by atoms with E-state index in [1.54, 1.807) is 19.1 Å². The number of carbonyl (C=O) groups excluding carboxylic acids is 2. The molecule has 0 bridgehead atoms. The summed E-state index contributed by atoms with van der Waals surface area (Å²) in [7, 11) is -3.35. The molecule has 0 radical (unpaired) electrons. The molecule has 2 heterocycles. The number of hydrogen-bond acceptors (Lipinski definition) is 7. The molecular formula is C17H19N3O6S. The SMILES string of the molecule is Cc1cc(NC(=O)C(C)OC(=O)c2cccc(N3CCCS3(=O)=O)c2)on1. The molecule has 1 amide bonds. The molecule has 1 aliphatic heterocycles. The second-order valence-corrected chi connectivity index (χ2v) is 8.17. The number of ether oxygens (including phenoxy) is 1. The molecule has 9 nitrogen and oxygen atoms in total. The fourth-order valence-corrected chi connectivity index (χ4v) is 4.20. The summed E-state index contributed by atoms with van der Waals surface area (Å²) in [6.45, 7) is 3.50. The molecule has 3 rings (SSSR count). The number of rotatable bonds is 5. The molecule has 0 aliphatic carbocycles. The maximum Gasteiger partial charge on any atom is 0.338 e. The molecule has 0 spiro atoms.